The van der Waals surface area contributed by atoms with Crippen molar-refractivity contribution >= 4 is 11.6 Å². The summed E-state index contributed by atoms with van der Waals surface area (Å²) in [7, 11) is 0. The van der Waals surface area contributed by atoms with Crippen molar-refractivity contribution in [2.24, 2.45) is 0 Å². The minimum Gasteiger partial charge on any atom is -0.459 e. The summed E-state index contributed by atoms with van der Waals surface area (Å²) in [6.07, 6.45) is 1.48. The maximum absolute atomic E-state index is 12.1. The highest BCUT2D eigenvalue weighted by Gasteiger charge is 2.16. The highest BCUT2D eigenvalue weighted by molar-refractivity contribution is 6.02. The summed E-state index contributed by atoms with van der Waals surface area (Å²) >= 11 is 0. The number of anilines is 1. The van der Waals surface area contributed by atoms with Gasteiger partial charge in [0.15, 0.2) is 5.76 Å². The lowest BCUT2D eigenvalue weighted by Crippen LogP contribution is -2.12. The van der Waals surface area contributed by atoms with Gasteiger partial charge in [0, 0.05) is 0 Å². The van der Waals surface area contributed by atoms with E-state index in [4.69, 9.17) is 4.42 Å². The first-order valence-electron chi connectivity index (χ1n) is 7.49. The molecule has 1 aromatic carbocycles. The van der Waals surface area contributed by atoms with Crippen LogP contribution >= 0.6 is 0 Å². The van der Waals surface area contributed by atoms with Crippen molar-refractivity contribution in [3.8, 4) is 0 Å². The summed E-state index contributed by atoms with van der Waals surface area (Å²) in [4.78, 5) is 12.1. The molecule has 0 aliphatic carbocycles. The van der Waals surface area contributed by atoms with Gasteiger partial charge >= 0.3 is 0 Å². The lowest BCUT2D eigenvalue weighted by Gasteiger charge is -2.07. The van der Waals surface area contributed by atoms with E-state index in [0.29, 0.717) is 6.54 Å². The summed E-state index contributed by atoms with van der Waals surface area (Å²) in [5.41, 5.74) is 4.84. The minimum atomic E-state index is -0.267. The van der Waals surface area contributed by atoms with Crippen LogP contribution in [0.25, 0.3) is 0 Å². The molecule has 23 heavy (non-hydrogen) atoms. The molecule has 5 heteroatoms. The molecule has 118 valence electrons. The summed E-state index contributed by atoms with van der Waals surface area (Å²) in [6, 6.07) is 11.6. The van der Waals surface area contributed by atoms with Crippen LogP contribution in [0.1, 0.15) is 33.1 Å². The Kier molecular flexibility index (Phi) is 4.02. The third kappa shape index (κ3) is 3.18. The summed E-state index contributed by atoms with van der Waals surface area (Å²) < 4.78 is 7.03. The van der Waals surface area contributed by atoms with E-state index in [1.807, 2.05) is 24.6 Å². The van der Waals surface area contributed by atoms with Crippen LogP contribution in [0.15, 0.2) is 47.1 Å². The second-order valence-electron chi connectivity index (χ2n) is 5.62. The molecule has 0 saturated carbocycles. The standard InChI is InChI=1S/C18H19N3O2/c1-12-6-4-7-15(10-12)11-21-14(3)17(13(2)20-21)19-18(22)16-8-5-9-23-16/h4-10H,11H2,1-3H3,(H,19,22). The SMILES string of the molecule is Cc1cccc(Cn2nc(C)c(NC(=O)c3ccco3)c2C)c1. The molecule has 0 saturated heterocycles. The monoisotopic (exact) mass is 309 g/mol. The fourth-order valence-corrected chi connectivity index (χ4v) is 2.60. The van der Waals surface area contributed by atoms with Crippen LogP contribution in [0.3, 0.4) is 0 Å². The second-order valence-corrected chi connectivity index (χ2v) is 5.62. The second kappa shape index (κ2) is 6.12. The number of hydrogen-bond acceptors (Lipinski definition) is 3. The van der Waals surface area contributed by atoms with Gasteiger partial charge in [-0.1, -0.05) is 29.8 Å². The first kappa shape index (κ1) is 15.1. The number of aryl methyl sites for hydroxylation is 2. The van der Waals surface area contributed by atoms with Gasteiger partial charge in [-0.3, -0.25) is 9.48 Å². The van der Waals surface area contributed by atoms with Gasteiger partial charge in [0.25, 0.3) is 5.91 Å². The van der Waals surface area contributed by atoms with E-state index in [1.165, 1.54) is 17.4 Å². The van der Waals surface area contributed by atoms with Crippen molar-refractivity contribution in [3.63, 3.8) is 0 Å². The van der Waals surface area contributed by atoms with E-state index in [9.17, 15) is 4.79 Å². The van der Waals surface area contributed by atoms with Crippen LogP contribution in [0.5, 0.6) is 0 Å². The van der Waals surface area contributed by atoms with E-state index in [0.717, 1.165) is 17.1 Å². The van der Waals surface area contributed by atoms with E-state index in [2.05, 4.69) is 35.5 Å². The van der Waals surface area contributed by atoms with Crippen LogP contribution in [0.4, 0.5) is 5.69 Å². The largest absolute Gasteiger partial charge is 0.459 e. The Morgan fingerprint density at radius 2 is 2.04 bits per heavy atom. The van der Waals surface area contributed by atoms with Gasteiger partial charge < -0.3 is 9.73 Å². The van der Waals surface area contributed by atoms with Crippen molar-refractivity contribution in [1.82, 2.24) is 9.78 Å². The minimum absolute atomic E-state index is 0.267. The molecule has 2 aromatic heterocycles. The molecule has 1 N–H and O–H groups in total. The third-order valence-corrected chi connectivity index (χ3v) is 3.78. The van der Waals surface area contributed by atoms with Gasteiger partial charge in [0.2, 0.25) is 0 Å². The molecule has 0 unspecified atom stereocenters. The summed E-state index contributed by atoms with van der Waals surface area (Å²) in [5.74, 6) is 0.0199. The molecule has 3 aromatic rings. The Bertz CT molecular complexity index is 832. The van der Waals surface area contributed by atoms with Crippen LogP contribution in [-0.4, -0.2) is 15.7 Å². The number of rotatable bonds is 4. The zero-order valence-electron chi connectivity index (χ0n) is 13.5. The Balaban J connectivity index is 1.83. The molecule has 0 aliphatic rings. The number of hydrogen-bond donors (Lipinski definition) is 1. The Hall–Kier alpha value is -2.82. The van der Waals surface area contributed by atoms with E-state index in [1.54, 1.807) is 12.1 Å². The van der Waals surface area contributed by atoms with Gasteiger partial charge in [-0.25, -0.2) is 0 Å². The fraction of sp³-hybridized carbons (Fsp3) is 0.222. The molecule has 0 fully saturated rings. The first-order chi connectivity index (χ1) is 11.0. The molecule has 0 aliphatic heterocycles. The molecule has 0 bridgehead atoms. The van der Waals surface area contributed by atoms with Gasteiger partial charge in [-0.15, -0.1) is 0 Å². The van der Waals surface area contributed by atoms with Crippen molar-refractivity contribution in [2.45, 2.75) is 27.3 Å². The molecule has 2 heterocycles. The van der Waals surface area contributed by atoms with Crippen LogP contribution in [-0.2, 0) is 6.54 Å². The Morgan fingerprint density at radius 3 is 2.74 bits per heavy atom. The zero-order valence-corrected chi connectivity index (χ0v) is 13.5. The average Bonchev–Trinajstić information content (AvgIpc) is 3.12. The predicted octanol–water partition coefficient (Wildman–Crippen LogP) is 3.70. The smallest absolute Gasteiger partial charge is 0.291 e. The number of nitrogens with one attached hydrogen (secondary N) is 1. The van der Waals surface area contributed by atoms with Crippen molar-refractivity contribution < 1.29 is 9.21 Å². The lowest BCUT2D eigenvalue weighted by atomic mass is 10.1. The number of carbonyl (C=O) groups excluding carboxylic acids is 1. The predicted molar refractivity (Wildman–Crippen MR) is 88.6 cm³/mol. The fourth-order valence-electron chi connectivity index (χ4n) is 2.60. The quantitative estimate of drug-likeness (QED) is 0.799. The third-order valence-electron chi connectivity index (χ3n) is 3.78. The van der Waals surface area contributed by atoms with Gasteiger partial charge in [-0.05, 0) is 38.5 Å². The zero-order chi connectivity index (χ0) is 16.4. The number of amides is 1. The van der Waals surface area contributed by atoms with Gasteiger partial charge in [0.05, 0.1) is 29.9 Å². The van der Waals surface area contributed by atoms with Gasteiger partial charge in [0.1, 0.15) is 0 Å². The summed E-state index contributed by atoms with van der Waals surface area (Å²) in [5, 5.41) is 7.42. The number of furan rings is 1. The van der Waals surface area contributed by atoms with Crippen molar-refractivity contribution in [3.05, 3.63) is 70.9 Å². The highest BCUT2D eigenvalue weighted by atomic mass is 16.3. The average molecular weight is 309 g/mol. The molecule has 0 radical (unpaired) electrons. The van der Waals surface area contributed by atoms with E-state index < -0.39 is 0 Å². The molecular weight excluding hydrogens is 290 g/mol. The molecule has 5 nitrogen and oxygen atoms in total. The maximum Gasteiger partial charge on any atom is 0.291 e. The highest BCUT2D eigenvalue weighted by Crippen LogP contribution is 2.21. The number of benzene rings is 1. The van der Waals surface area contributed by atoms with E-state index in [-0.39, 0.29) is 11.7 Å². The van der Waals surface area contributed by atoms with Crippen LogP contribution in [0, 0.1) is 20.8 Å². The normalized spacial score (nSPS) is 10.7. The first-order valence-corrected chi connectivity index (χ1v) is 7.49. The molecule has 3 rings (SSSR count). The van der Waals surface area contributed by atoms with Crippen LogP contribution < -0.4 is 5.32 Å². The molecule has 0 atom stereocenters. The lowest BCUT2D eigenvalue weighted by molar-refractivity contribution is 0.0996. The topological polar surface area (TPSA) is 60.1 Å². The number of nitrogens with zero attached hydrogens (tertiary/aromatic N) is 2. The van der Waals surface area contributed by atoms with E-state index >= 15 is 0 Å². The molecule has 1 amide bonds. The molecular formula is C18H19N3O2. The number of carbonyl (C=O) groups is 1. The molecule has 0 spiro atoms. The maximum atomic E-state index is 12.1. The van der Waals surface area contributed by atoms with Crippen molar-refractivity contribution in [2.75, 3.05) is 5.32 Å². The Morgan fingerprint density at radius 1 is 1.22 bits per heavy atom. The summed E-state index contributed by atoms with van der Waals surface area (Å²) in [6.45, 7) is 6.58. The van der Waals surface area contributed by atoms with Gasteiger partial charge in [-0.2, -0.15) is 5.10 Å². The number of aromatic nitrogens is 2. The van der Waals surface area contributed by atoms with Crippen molar-refractivity contribution in [1.29, 1.82) is 0 Å². The van der Waals surface area contributed by atoms with Crippen LogP contribution in [0.2, 0.25) is 0 Å². The Labute approximate surface area is 134 Å².